The molecule has 1 aromatic carbocycles. The minimum atomic E-state index is -0.429. The minimum Gasteiger partial charge on any atom is -0.488 e. The maximum Gasteiger partial charge on any atom is 0.242 e. The molecule has 6 nitrogen and oxygen atoms in total. The van der Waals surface area contributed by atoms with Gasteiger partial charge in [-0.05, 0) is 48.4 Å². The maximum absolute atomic E-state index is 14.1. The third-order valence-electron chi connectivity index (χ3n) is 6.23. The van der Waals surface area contributed by atoms with Crippen molar-refractivity contribution in [2.24, 2.45) is 5.92 Å². The average Bonchev–Trinajstić information content (AvgIpc) is 3.49. The fourth-order valence-electron chi connectivity index (χ4n) is 4.49. The van der Waals surface area contributed by atoms with Gasteiger partial charge in [-0.2, -0.15) is 0 Å². The van der Waals surface area contributed by atoms with E-state index in [1.807, 2.05) is 25.3 Å². The van der Waals surface area contributed by atoms with E-state index >= 15 is 0 Å². The highest BCUT2D eigenvalue weighted by molar-refractivity contribution is 7.10. The molecule has 8 heteroatoms. The number of nitrogens with zero attached hydrogens (tertiary/aromatic N) is 2. The SMILES string of the molecule is CC(C)C(=O)N(CC(=O)N1CCc2sccc2C1COc1ccccc1F)CC1CCCO1. The molecule has 0 saturated carbocycles. The summed E-state index contributed by atoms with van der Waals surface area (Å²) in [6.45, 7) is 5.52. The molecule has 178 valence electrons. The molecule has 0 radical (unpaired) electrons. The lowest BCUT2D eigenvalue weighted by molar-refractivity contribution is -0.145. The molecule has 2 aliphatic heterocycles. The van der Waals surface area contributed by atoms with Crippen LogP contribution in [0.2, 0.25) is 0 Å². The van der Waals surface area contributed by atoms with Gasteiger partial charge < -0.3 is 19.3 Å². The molecular formula is C25H31FN2O4S. The van der Waals surface area contributed by atoms with Crippen LogP contribution in [0.1, 0.15) is 43.2 Å². The molecular weight excluding hydrogens is 443 g/mol. The van der Waals surface area contributed by atoms with E-state index in [1.54, 1.807) is 39.3 Å². The van der Waals surface area contributed by atoms with E-state index < -0.39 is 5.82 Å². The van der Waals surface area contributed by atoms with E-state index in [9.17, 15) is 14.0 Å². The first kappa shape index (κ1) is 23.7. The quantitative estimate of drug-likeness (QED) is 0.579. The van der Waals surface area contributed by atoms with Crippen LogP contribution in [0, 0.1) is 11.7 Å². The van der Waals surface area contributed by atoms with Crippen molar-refractivity contribution in [3.8, 4) is 5.75 Å². The summed E-state index contributed by atoms with van der Waals surface area (Å²) < 4.78 is 25.6. The molecule has 0 spiro atoms. The van der Waals surface area contributed by atoms with Crippen molar-refractivity contribution >= 4 is 23.2 Å². The van der Waals surface area contributed by atoms with Crippen molar-refractivity contribution in [1.29, 1.82) is 0 Å². The van der Waals surface area contributed by atoms with Crippen LogP contribution < -0.4 is 4.74 Å². The summed E-state index contributed by atoms with van der Waals surface area (Å²) in [5.74, 6) is -0.638. The summed E-state index contributed by atoms with van der Waals surface area (Å²) in [4.78, 5) is 31.0. The molecule has 1 saturated heterocycles. The summed E-state index contributed by atoms with van der Waals surface area (Å²) in [7, 11) is 0. The van der Waals surface area contributed by atoms with Crippen molar-refractivity contribution in [2.45, 2.75) is 45.3 Å². The van der Waals surface area contributed by atoms with Crippen molar-refractivity contribution in [3.63, 3.8) is 0 Å². The predicted octanol–water partition coefficient (Wildman–Crippen LogP) is 4.06. The van der Waals surface area contributed by atoms with Gasteiger partial charge in [-0.15, -0.1) is 11.3 Å². The zero-order chi connectivity index (χ0) is 23.4. The summed E-state index contributed by atoms with van der Waals surface area (Å²) in [6.07, 6.45) is 2.62. The molecule has 2 atom stereocenters. The molecule has 0 aliphatic carbocycles. The Morgan fingerprint density at radius 2 is 2.12 bits per heavy atom. The largest absolute Gasteiger partial charge is 0.488 e. The van der Waals surface area contributed by atoms with Crippen LogP contribution in [0.15, 0.2) is 35.7 Å². The van der Waals surface area contributed by atoms with Crippen molar-refractivity contribution in [1.82, 2.24) is 9.80 Å². The number of hydrogen-bond acceptors (Lipinski definition) is 5. The third-order valence-corrected chi connectivity index (χ3v) is 7.22. The summed E-state index contributed by atoms with van der Waals surface area (Å²) in [6, 6.07) is 7.96. The summed E-state index contributed by atoms with van der Waals surface area (Å²) >= 11 is 1.66. The number of carbonyl (C=O) groups is 2. The Balaban J connectivity index is 1.50. The van der Waals surface area contributed by atoms with Crippen LogP contribution in [0.3, 0.4) is 0 Å². The molecule has 2 unspecified atom stereocenters. The first-order chi connectivity index (χ1) is 15.9. The number of halogens is 1. The fraction of sp³-hybridized carbons (Fsp3) is 0.520. The normalized spacial score (nSPS) is 20.1. The maximum atomic E-state index is 14.1. The topological polar surface area (TPSA) is 59.1 Å². The fourth-order valence-corrected chi connectivity index (χ4v) is 5.42. The average molecular weight is 475 g/mol. The van der Waals surface area contributed by atoms with E-state index in [0.717, 1.165) is 24.8 Å². The molecule has 3 heterocycles. The summed E-state index contributed by atoms with van der Waals surface area (Å²) in [5.41, 5.74) is 1.04. The number of ether oxygens (including phenoxy) is 2. The smallest absolute Gasteiger partial charge is 0.242 e. The van der Waals surface area contributed by atoms with Crippen LogP contribution in [-0.4, -0.2) is 60.6 Å². The number of fused-ring (bicyclic) bond motifs is 1. The first-order valence-electron chi connectivity index (χ1n) is 11.6. The number of para-hydroxylation sites is 1. The van der Waals surface area contributed by atoms with Crippen LogP contribution in [0.4, 0.5) is 4.39 Å². The van der Waals surface area contributed by atoms with Gasteiger partial charge in [0.25, 0.3) is 0 Å². The van der Waals surface area contributed by atoms with Gasteiger partial charge in [-0.1, -0.05) is 26.0 Å². The lowest BCUT2D eigenvalue weighted by atomic mass is 10.00. The van der Waals surface area contributed by atoms with Gasteiger partial charge in [0.1, 0.15) is 6.61 Å². The molecule has 2 amide bonds. The van der Waals surface area contributed by atoms with Crippen LogP contribution in [0.25, 0.3) is 0 Å². The number of carbonyl (C=O) groups excluding carboxylic acids is 2. The number of thiophene rings is 1. The second-order valence-electron chi connectivity index (χ2n) is 8.90. The predicted molar refractivity (Wildman–Crippen MR) is 125 cm³/mol. The molecule has 4 rings (SSSR count). The standard InChI is InChI=1S/C25H31FN2O4S/c1-17(2)25(30)27(14-18-6-5-12-31-18)15-24(29)28-11-9-23-19(10-13-33-23)21(28)16-32-22-8-4-3-7-20(22)26/h3-4,7-8,10,13,17-18,21H,5-6,9,11-12,14-16H2,1-2H3. The van der Waals surface area contributed by atoms with Gasteiger partial charge in [-0.3, -0.25) is 9.59 Å². The van der Waals surface area contributed by atoms with Crippen LogP contribution in [0.5, 0.6) is 5.75 Å². The monoisotopic (exact) mass is 474 g/mol. The molecule has 0 bridgehead atoms. The Morgan fingerprint density at radius 3 is 2.85 bits per heavy atom. The van der Waals surface area contributed by atoms with Gasteiger partial charge in [0, 0.05) is 30.5 Å². The Bertz CT molecular complexity index is 973. The third kappa shape index (κ3) is 5.55. The van der Waals surface area contributed by atoms with Crippen molar-refractivity contribution in [2.75, 3.05) is 32.8 Å². The lowest BCUT2D eigenvalue weighted by Gasteiger charge is -2.37. The van der Waals surface area contributed by atoms with E-state index in [0.29, 0.717) is 19.7 Å². The Labute approximate surface area is 198 Å². The Kier molecular flexibility index (Phi) is 7.65. The second kappa shape index (κ2) is 10.7. The van der Waals surface area contributed by atoms with Gasteiger partial charge >= 0.3 is 0 Å². The highest BCUT2D eigenvalue weighted by Gasteiger charge is 2.34. The highest BCUT2D eigenvalue weighted by atomic mass is 32.1. The zero-order valence-electron chi connectivity index (χ0n) is 19.2. The number of amides is 2. The zero-order valence-corrected chi connectivity index (χ0v) is 20.0. The van der Waals surface area contributed by atoms with Gasteiger partial charge in [0.15, 0.2) is 11.6 Å². The van der Waals surface area contributed by atoms with Gasteiger partial charge in [0.2, 0.25) is 11.8 Å². The van der Waals surface area contributed by atoms with E-state index in [-0.39, 0.29) is 48.8 Å². The van der Waals surface area contributed by atoms with E-state index in [2.05, 4.69) is 0 Å². The minimum absolute atomic E-state index is 0.00649. The van der Waals surface area contributed by atoms with Crippen LogP contribution in [-0.2, 0) is 20.7 Å². The second-order valence-corrected chi connectivity index (χ2v) is 9.90. The molecule has 1 fully saturated rings. The highest BCUT2D eigenvalue weighted by Crippen LogP contribution is 2.34. The van der Waals surface area contributed by atoms with Crippen molar-refractivity contribution < 1.29 is 23.5 Å². The Morgan fingerprint density at radius 1 is 1.30 bits per heavy atom. The number of hydrogen-bond donors (Lipinski definition) is 0. The molecule has 1 aromatic heterocycles. The van der Waals surface area contributed by atoms with Gasteiger partial charge in [-0.25, -0.2) is 4.39 Å². The van der Waals surface area contributed by atoms with E-state index in [1.165, 1.54) is 10.9 Å². The number of benzene rings is 1. The van der Waals surface area contributed by atoms with Crippen LogP contribution >= 0.6 is 11.3 Å². The number of rotatable bonds is 8. The van der Waals surface area contributed by atoms with Crippen molar-refractivity contribution in [3.05, 3.63) is 52.0 Å². The summed E-state index contributed by atoms with van der Waals surface area (Å²) in [5, 5.41) is 2.01. The molecule has 2 aromatic rings. The lowest BCUT2D eigenvalue weighted by Crippen LogP contribution is -2.50. The van der Waals surface area contributed by atoms with Gasteiger partial charge in [0.05, 0.1) is 18.7 Å². The van der Waals surface area contributed by atoms with E-state index in [4.69, 9.17) is 9.47 Å². The molecule has 33 heavy (non-hydrogen) atoms. The molecule has 0 N–H and O–H groups in total. The molecule has 2 aliphatic rings. The first-order valence-corrected chi connectivity index (χ1v) is 12.5. The Hall–Kier alpha value is -2.45.